The molecule has 0 spiro atoms. The summed E-state index contributed by atoms with van der Waals surface area (Å²) in [7, 11) is 0. The molecule has 0 amide bonds. The van der Waals surface area contributed by atoms with Crippen LogP contribution in [0, 0.1) is 11.3 Å². The van der Waals surface area contributed by atoms with Gasteiger partial charge in [0.15, 0.2) is 5.96 Å². The lowest BCUT2D eigenvalue weighted by Gasteiger charge is -2.58. The number of guanidine groups is 1. The first kappa shape index (κ1) is 14.2. The van der Waals surface area contributed by atoms with E-state index in [1.807, 2.05) is 0 Å². The van der Waals surface area contributed by atoms with Crippen LogP contribution in [0.25, 0.3) is 0 Å². The minimum absolute atomic E-state index is 0.140. The highest BCUT2D eigenvalue weighted by Gasteiger charge is 2.58. The average Bonchev–Trinajstić information content (AvgIpc) is 2.73. The van der Waals surface area contributed by atoms with Crippen molar-refractivity contribution in [3.63, 3.8) is 0 Å². The van der Waals surface area contributed by atoms with E-state index in [-0.39, 0.29) is 5.41 Å². The largest absolute Gasteiger partial charge is 0.377 e. The van der Waals surface area contributed by atoms with Gasteiger partial charge in [0, 0.05) is 31.0 Å². The average molecular weight is 279 g/mol. The van der Waals surface area contributed by atoms with Crippen molar-refractivity contribution in [2.24, 2.45) is 22.1 Å². The Morgan fingerprint density at radius 3 is 2.55 bits per heavy atom. The van der Waals surface area contributed by atoms with E-state index in [0.29, 0.717) is 18.1 Å². The fraction of sp³-hybridized carbons (Fsp3) is 0.938. The smallest absolute Gasteiger partial charge is 0.191 e. The van der Waals surface area contributed by atoms with Crippen molar-refractivity contribution in [2.45, 2.75) is 64.5 Å². The Bertz CT molecular complexity index is 372. The highest BCUT2D eigenvalue weighted by Crippen LogP contribution is 2.53. The van der Waals surface area contributed by atoms with Crippen molar-refractivity contribution in [1.29, 1.82) is 0 Å². The maximum absolute atomic E-state index is 6.31. The fourth-order valence-corrected chi connectivity index (χ4v) is 4.28. The predicted octanol–water partition coefficient (Wildman–Crippen LogP) is 2.38. The first-order valence-corrected chi connectivity index (χ1v) is 8.30. The number of rotatable bonds is 1. The molecule has 2 N–H and O–H groups in total. The van der Waals surface area contributed by atoms with Crippen LogP contribution in [0.2, 0.25) is 0 Å². The van der Waals surface area contributed by atoms with Crippen LogP contribution in [0.5, 0.6) is 0 Å². The van der Waals surface area contributed by atoms with Crippen LogP contribution in [-0.2, 0) is 4.74 Å². The number of likely N-dealkylation sites (tertiary alicyclic amines) is 1. The SMILES string of the molecule is CC1(C)C(N=C(N)N2CCCCCC2)C2CCCOC21. The standard InChI is InChI=1S/C16H29N3O/c1-16(2)13(12-8-7-11-20-14(12)16)18-15(17)19-9-5-3-4-6-10-19/h12-14H,3-11H2,1-2H3,(H2,17,18). The molecule has 3 rings (SSSR count). The van der Waals surface area contributed by atoms with Crippen molar-refractivity contribution in [1.82, 2.24) is 4.90 Å². The molecule has 2 aliphatic heterocycles. The van der Waals surface area contributed by atoms with Gasteiger partial charge in [-0.25, -0.2) is 4.99 Å². The van der Waals surface area contributed by atoms with E-state index in [9.17, 15) is 0 Å². The van der Waals surface area contributed by atoms with Gasteiger partial charge in [-0.15, -0.1) is 0 Å². The van der Waals surface area contributed by atoms with Crippen molar-refractivity contribution in [3.05, 3.63) is 0 Å². The van der Waals surface area contributed by atoms with Crippen LogP contribution >= 0.6 is 0 Å². The molecule has 3 aliphatic rings. The third kappa shape index (κ3) is 2.43. The normalized spacial score (nSPS) is 37.8. The van der Waals surface area contributed by atoms with E-state index >= 15 is 0 Å². The molecule has 20 heavy (non-hydrogen) atoms. The number of nitrogens with two attached hydrogens (primary N) is 1. The topological polar surface area (TPSA) is 50.8 Å². The summed E-state index contributed by atoms with van der Waals surface area (Å²) in [6.45, 7) is 7.63. The summed E-state index contributed by atoms with van der Waals surface area (Å²) in [5.41, 5.74) is 6.45. The molecule has 114 valence electrons. The second-order valence-corrected chi connectivity index (χ2v) is 7.25. The number of aliphatic imine (C=N–C) groups is 1. The van der Waals surface area contributed by atoms with Gasteiger partial charge in [-0.3, -0.25) is 0 Å². The number of nitrogens with zero attached hydrogens (tertiary/aromatic N) is 2. The summed E-state index contributed by atoms with van der Waals surface area (Å²) in [6.07, 6.45) is 7.97. The number of fused-ring (bicyclic) bond motifs is 1. The second kappa shape index (κ2) is 5.55. The Hall–Kier alpha value is -0.770. The molecule has 3 fully saturated rings. The minimum atomic E-state index is 0.140. The number of hydrogen-bond acceptors (Lipinski definition) is 2. The van der Waals surface area contributed by atoms with Crippen molar-refractivity contribution in [2.75, 3.05) is 19.7 Å². The molecule has 3 unspecified atom stereocenters. The summed E-state index contributed by atoms with van der Waals surface area (Å²) in [5.74, 6) is 1.36. The number of hydrogen-bond donors (Lipinski definition) is 1. The first-order valence-electron chi connectivity index (χ1n) is 8.30. The van der Waals surface area contributed by atoms with Gasteiger partial charge >= 0.3 is 0 Å². The highest BCUT2D eigenvalue weighted by atomic mass is 16.5. The van der Waals surface area contributed by atoms with Crippen LogP contribution in [0.15, 0.2) is 4.99 Å². The predicted molar refractivity (Wildman–Crippen MR) is 81.7 cm³/mol. The molecule has 1 aliphatic carbocycles. The van der Waals surface area contributed by atoms with E-state index in [0.717, 1.165) is 25.7 Å². The molecule has 1 saturated carbocycles. The molecule has 4 heteroatoms. The van der Waals surface area contributed by atoms with Crippen LogP contribution in [0.4, 0.5) is 0 Å². The first-order chi connectivity index (χ1) is 9.60. The molecule has 0 bridgehead atoms. The van der Waals surface area contributed by atoms with Gasteiger partial charge in [-0.05, 0) is 25.7 Å². The quantitative estimate of drug-likeness (QED) is 0.592. The maximum Gasteiger partial charge on any atom is 0.191 e. The Balaban J connectivity index is 1.70. The Morgan fingerprint density at radius 2 is 1.85 bits per heavy atom. The highest BCUT2D eigenvalue weighted by molar-refractivity contribution is 5.78. The van der Waals surface area contributed by atoms with Gasteiger partial charge in [-0.2, -0.15) is 0 Å². The van der Waals surface area contributed by atoms with Crippen molar-refractivity contribution < 1.29 is 4.74 Å². The van der Waals surface area contributed by atoms with Gasteiger partial charge in [-0.1, -0.05) is 26.7 Å². The summed E-state index contributed by atoms with van der Waals surface area (Å²) in [5, 5.41) is 0. The van der Waals surface area contributed by atoms with E-state index in [1.54, 1.807) is 0 Å². The number of ether oxygens (including phenoxy) is 1. The molecule has 0 aromatic carbocycles. The second-order valence-electron chi connectivity index (χ2n) is 7.25. The van der Waals surface area contributed by atoms with E-state index in [4.69, 9.17) is 15.5 Å². The summed E-state index contributed by atoms with van der Waals surface area (Å²) in [6, 6.07) is 0.344. The summed E-state index contributed by atoms with van der Waals surface area (Å²) < 4.78 is 5.95. The van der Waals surface area contributed by atoms with E-state index in [1.165, 1.54) is 38.5 Å². The third-order valence-electron chi connectivity index (χ3n) is 5.47. The van der Waals surface area contributed by atoms with Crippen LogP contribution in [0.1, 0.15) is 52.4 Å². The molecular weight excluding hydrogens is 250 g/mol. The molecule has 4 nitrogen and oxygen atoms in total. The zero-order valence-electron chi connectivity index (χ0n) is 13.0. The molecule has 3 atom stereocenters. The van der Waals surface area contributed by atoms with Crippen molar-refractivity contribution >= 4 is 5.96 Å². The van der Waals surface area contributed by atoms with Gasteiger partial charge < -0.3 is 15.4 Å². The van der Waals surface area contributed by atoms with E-state index < -0.39 is 0 Å². The van der Waals surface area contributed by atoms with Gasteiger partial charge in [0.2, 0.25) is 0 Å². The van der Waals surface area contributed by atoms with Gasteiger partial charge in [0.1, 0.15) is 0 Å². The lowest BCUT2D eigenvalue weighted by Crippen LogP contribution is -2.64. The summed E-state index contributed by atoms with van der Waals surface area (Å²) in [4.78, 5) is 7.22. The molecule has 0 radical (unpaired) electrons. The van der Waals surface area contributed by atoms with Gasteiger partial charge in [0.25, 0.3) is 0 Å². The Morgan fingerprint density at radius 1 is 1.15 bits per heavy atom. The minimum Gasteiger partial charge on any atom is -0.377 e. The molecule has 2 heterocycles. The van der Waals surface area contributed by atoms with Crippen LogP contribution in [-0.4, -0.2) is 42.7 Å². The zero-order valence-corrected chi connectivity index (χ0v) is 13.0. The molecular formula is C16H29N3O. The Labute approximate surface area is 122 Å². The van der Waals surface area contributed by atoms with Gasteiger partial charge in [0.05, 0.1) is 12.1 Å². The van der Waals surface area contributed by atoms with Crippen LogP contribution < -0.4 is 5.73 Å². The lowest BCUT2D eigenvalue weighted by atomic mass is 9.55. The summed E-state index contributed by atoms with van der Waals surface area (Å²) >= 11 is 0. The Kier molecular flexibility index (Phi) is 3.93. The third-order valence-corrected chi connectivity index (χ3v) is 5.47. The monoisotopic (exact) mass is 279 g/mol. The molecule has 0 aromatic rings. The van der Waals surface area contributed by atoms with Crippen LogP contribution in [0.3, 0.4) is 0 Å². The molecule has 2 saturated heterocycles. The maximum atomic E-state index is 6.31. The van der Waals surface area contributed by atoms with Crippen molar-refractivity contribution in [3.8, 4) is 0 Å². The zero-order chi connectivity index (χ0) is 14.2. The van der Waals surface area contributed by atoms with E-state index in [2.05, 4.69) is 18.7 Å². The lowest BCUT2D eigenvalue weighted by molar-refractivity contribution is -0.182. The molecule has 0 aromatic heterocycles. The fourth-order valence-electron chi connectivity index (χ4n) is 4.28.